The number of carbonyl (C=O) groups is 1. The number of hydrogen-bond donors (Lipinski definition) is 0. The Morgan fingerprint density at radius 1 is 1.89 bits per heavy atom. The zero-order valence-corrected chi connectivity index (χ0v) is 5.46. The van der Waals surface area contributed by atoms with Crippen molar-refractivity contribution in [2.45, 2.75) is 25.8 Å². The summed E-state index contributed by atoms with van der Waals surface area (Å²) in [4.78, 5) is 10.3. The van der Waals surface area contributed by atoms with Crippen LogP contribution in [0.3, 0.4) is 0 Å². The van der Waals surface area contributed by atoms with Gasteiger partial charge in [-0.05, 0) is 6.42 Å². The number of rotatable bonds is 2. The minimum atomic E-state index is -0.395. The van der Waals surface area contributed by atoms with E-state index in [0.29, 0.717) is 6.61 Å². The van der Waals surface area contributed by atoms with Gasteiger partial charge in [-0.1, -0.05) is 13.3 Å². The molecule has 51 valence electrons. The molecule has 1 radical (unpaired) electrons. The summed E-state index contributed by atoms with van der Waals surface area (Å²) in [5.74, 6) is 0. The zero-order chi connectivity index (χ0) is 6.69. The predicted molar refractivity (Wildman–Crippen MR) is 32.2 cm³/mol. The van der Waals surface area contributed by atoms with Gasteiger partial charge in [0.15, 0.2) is 0 Å². The molecule has 0 spiro atoms. The van der Waals surface area contributed by atoms with Crippen molar-refractivity contribution in [3.05, 3.63) is 0 Å². The summed E-state index contributed by atoms with van der Waals surface area (Å²) >= 11 is 0. The average Bonchev–Trinajstić information content (AvgIpc) is 2.17. The predicted octanol–water partition coefficient (Wildman–Crippen LogP) is 0.910. The standard InChI is InChI=1S/C6H10NO2/c1-2-3-5-4-9-6(8)7-5/h5H,2-4H2,1H3. The molecule has 3 nitrogen and oxygen atoms in total. The van der Waals surface area contributed by atoms with Gasteiger partial charge >= 0.3 is 6.09 Å². The topological polar surface area (TPSA) is 40.4 Å². The molecule has 1 heterocycles. The maximum Gasteiger partial charge on any atom is 0.429 e. The van der Waals surface area contributed by atoms with E-state index in [-0.39, 0.29) is 6.04 Å². The first-order chi connectivity index (χ1) is 4.33. The minimum absolute atomic E-state index is 0.141. The van der Waals surface area contributed by atoms with Crippen molar-refractivity contribution < 1.29 is 9.53 Å². The highest BCUT2D eigenvalue weighted by molar-refractivity contribution is 5.69. The molecule has 0 aromatic carbocycles. The van der Waals surface area contributed by atoms with Crippen molar-refractivity contribution in [3.8, 4) is 0 Å². The third kappa shape index (κ3) is 1.59. The van der Waals surface area contributed by atoms with Crippen LogP contribution in [-0.4, -0.2) is 18.7 Å². The fraction of sp³-hybridized carbons (Fsp3) is 0.833. The summed E-state index contributed by atoms with van der Waals surface area (Å²) < 4.78 is 4.61. The molecule has 1 unspecified atom stereocenters. The van der Waals surface area contributed by atoms with Gasteiger partial charge in [0.1, 0.15) is 6.61 Å². The summed E-state index contributed by atoms with van der Waals surface area (Å²) in [7, 11) is 0. The van der Waals surface area contributed by atoms with E-state index in [1.165, 1.54) is 0 Å². The Balaban J connectivity index is 2.22. The van der Waals surface area contributed by atoms with Crippen LogP contribution < -0.4 is 5.32 Å². The third-order valence-corrected chi connectivity index (χ3v) is 1.31. The van der Waals surface area contributed by atoms with Gasteiger partial charge in [0.2, 0.25) is 0 Å². The van der Waals surface area contributed by atoms with E-state index < -0.39 is 6.09 Å². The number of carbonyl (C=O) groups excluding carboxylic acids is 1. The molecule has 0 aromatic rings. The molecule has 1 amide bonds. The normalized spacial score (nSPS) is 25.4. The Bertz CT molecular complexity index is 114. The highest BCUT2D eigenvalue weighted by Gasteiger charge is 2.22. The smallest absolute Gasteiger partial charge is 0.429 e. The number of cyclic esters (lactones) is 1. The van der Waals surface area contributed by atoms with Gasteiger partial charge in [-0.15, -0.1) is 0 Å². The molecule has 9 heavy (non-hydrogen) atoms. The Morgan fingerprint density at radius 2 is 2.67 bits per heavy atom. The zero-order valence-electron chi connectivity index (χ0n) is 5.46. The van der Waals surface area contributed by atoms with Crippen LogP contribution in [0.2, 0.25) is 0 Å². The minimum Gasteiger partial charge on any atom is -0.446 e. The Morgan fingerprint density at radius 3 is 3.11 bits per heavy atom. The third-order valence-electron chi connectivity index (χ3n) is 1.31. The Labute approximate surface area is 54.4 Å². The second-order valence-corrected chi connectivity index (χ2v) is 2.15. The largest absolute Gasteiger partial charge is 0.446 e. The lowest BCUT2D eigenvalue weighted by molar-refractivity contribution is 0.176. The quantitative estimate of drug-likeness (QED) is 0.554. The molecule has 1 saturated heterocycles. The van der Waals surface area contributed by atoms with Crippen LogP contribution >= 0.6 is 0 Å². The van der Waals surface area contributed by atoms with Gasteiger partial charge in [0, 0.05) is 0 Å². The molecule has 0 aliphatic carbocycles. The first-order valence-electron chi connectivity index (χ1n) is 3.20. The van der Waals surface area contributed by atoms with Crippen molar-refractivity contribution in [2.75, 3.05) is 6.61 Å². The van der Waals surface area contributed by atoms with Crippen molar-refractivity contribution in [1.82, 2.24) is 5.32 Å². The fourth-order valence-corrected chi connectivity index (χ4v) is 0.872. The van der Waals surface area contributed by atoms with Crippen molar-refractivity contribution >= 4 is 6.09 Å². The first-order valence-corrected chi connectivity index (χ1v) is 3.20. The van der Waals surface area contributed by atoms with E-state index in [9.17, 15) is 4.79 Å². The lowest BCUT2D eigenvalue weighted by Crippen LogP contribution is -2.17. The van der Waals surface area contributed by atoms with E-state index in [0.717, 1.165) is 12.8 Å². The maximum absolute atomic E-state index is 10.3. The van der Waals surface area contributed by atoms with E-state index in [1.807, 2.05) is 0 Å². The molecule has 1 aliphatic rings. The monoisotopic (exact) mass is 128 g/mol. The molecule has 1 atom stereocenters. The van der Waals surface area contributed by atoms with Crippen LogP contribution in [0, 0.1) is 0 Å². The van der Waals surface area contributed by atoms with Crippen molar-refractivity contribution in [2.24, 2.45) is 0 Å². The van der Waals surface area contributed by atoms with Crippen LogP contribution in [0.5, 0.6) is 0 Å². The molecule has 0 N–H and O–H groups in total. The van der Waals surface area contributed by atoms with Crippen LogP contribution in [-0.2, 0) is 4.74 Å². The summed E-state index contributed by atoms with van der Waals surface area (Å²) in [6.07, 6.45) is 1.63. The Kier molecular flexibility index (Phi) is 1.92. The lowest BCUT2D eigenvalue weighted by Gasteiger charge is -1.98. The molecule has 1 aliphatic heterocycles. The van der Waals surface area contributed by atoms with Crippen LogP contribution in [0.4, 0.5) is 4.79 Å². The van der Waals surface area contributed by atoms with E-state index >= 15 is 0 Å². The van der Waals surface area contributed by atoms with Gasteiger partial charge < -0.3 is 4.74 Å². The molecule has 0 saturated carbocycles. The maximum atomic E-state index is 10.3. The average molecular weight is 128 g/mol. The van der Waals surface area contributed by atoms with E-state index in [1.54, 1.807) is 0 Å². The summed E-state index contributed by atoms with van der Waals surface area (Å²) in [5.41, 5.74) is 0. The van der Waals surface area contributed by atoms with Crippen LogP contribution in [0.15, 0.2) is 0 Å². The lowest BCUT2D eigenvalue weighted by atomic mass is 10.2. The highest BCUT2D eigenvalue weighted by atomic mass is 16.6. The van der Waals surface area contributed by atoms with Gasteiger partial charge in [-0.25, -0.2) is 10.1 Å². The number of amides is 1. The molecule has 0 aromatic heterocycles. The van der Waals surface area contributed by atoms with Crippen LogP contribution in [0.1, 0.15) is 19.8 Å². The van der Waals surface area contributed by atoms with Crippen LogP contribution in [0.25, 0.3) is 0 Å². The van der Waals surface area contributed by atoms with E-state index in [4.69, 9.17) is 0 Å². The van der Waals surface area contributed by atoms with Gasteiger partial charge in [-0.2, -0.15) is 0 Å². The molecular formula is C6H10NO2. The molecular weight excluding hydrogens is 118 g/mol. The second kappa shape index (κ2) is 2.71. The van der Waals surface area contributed by atoms with Crippen molar-refractivity contribution in [3.63, 3.8) is 0 Å². The molecule has 3 heteroatoms. The summed E-state index contributed by atoms with van der Waals surface area (Å²) in [6, 6.07) is 0.141. The fourth-order valence-electron chi connectivity index (χ4n) is 0.872. The molecule has 0 bridgehead atoms. The Hall–Kier alpha value is -0.730. The van der Waals surface area contributed by atoms with Crippen molar-refractivity contribution in [1.29, 1.82) is 0 Å². The van der Waals surface area contributed by atoms with Gasteiger partial charge in [0.05, 0.1) is 6.04 Å². The van der Waals surface area contributed by atoms with Gasteiger partial charge in [0.25, 0.3) is 0 Å². The number of hydrogen-bond acceptors (Lipinski definition) is 2. The summed E-state index contributed by atoms with van der Waals surface area (Å²) in [6.45, 7) is 2.56. The molecule has 1 rings (SSSR count). The SMILES string of the molecule is CCCC1COC(=O)[N]1. The number of ether oxygens (including phenoxy) is 1. The second-order valence-electron chi connectivity index (χ2n) is 2.15. The molecule has 1 fully saturated rings. The van der Waals surface area contributed by atoms with E-state index in [2.05, 4.69) is 17.0 Å². The summed E-state index contributed by atoms with van der Waals surface area (Å²) in [5, 5.41) is 3.72. The highest BCUT2D eigenvalue weighted by Crippen LogP contribution is 2.05. The first kappa shape index (κ1) is 6.39. The van der Waals surface area contributed by atoms with Gasteiger partial charge in [-0.3, -0.25) is 0 Å². The number of nitrogens with zero attached hydrogens (tertiary/aromatic N) is 1.